The average Bonchev–Trinajstić information content (AvgIpc) is 2.40. The Labute approximate surface area is 135 Å². The first-order valence-electron chi connectivity index (χ1n) is 6.26. The van der Waals surface area contributed by atoms with E-state index in [0.29, 0.717) is 6.54 Å². The number of amides is 1. The van der Waals surface area contributed by atoms with Crippen LogP contribution in [0.25, 0.3) is 0 Å². The molecule has 0 bridgehead atoms. The number of nitrogens with one attached hydrogen (secondary N) is 2. The van der Waals surface area contributed by atoms with Gasteiger partial charge >= 0.3 is 6.18 Å². The summed E-state index contributed by atoms with van der Waals surface area (Å²) >= 11 is 2.87. The highest BCUT2D eigenvalue weighted by Crippen LogP contribution is 2.36. The number of hydrogen-bond acceptors (Lipinski definition) is 2. The fourth-order valence-electron chi connectivity index (χ4n) is 2.14. The first kappa shape index (κ1) is 18.3. The number of halogens is 5. The molecule has 1 atom stereocenters. The van der Waals surface area contributed by atoms with Crippen LogP contribution in [-0.2, 0) is 11.0 Å². The summed E-state index contributed by atoms with van der Waals surface area (Å²) in [4.78, 5) is 12.0. The standard InChI is InChI=1S/C13H14BrF3N2O.ClH/c14-11-4-3-9(6-10(11)13(15,16)17)19-12(20)8-2-1-5-18-7-8;/h3-4,6,8,18H,1-2,5,7H2,(H,19,20);1H. The monoisotopic (exact) mass is 386 g/mol. The molecule has 0 radical (unpaired) electrons. The van der Waals surface area contributed by atoms with Crippen LogP contribution in [0.3, 0.4) is 0 Å². The van der Waals surface area contributed by atoms with E-state index in [1.807, 2.05) is 0 Å². The van der Waals surface area contributed by atoms with Crippen molar-refractivity contribution in [1.82, 2.24) is 5.32 Å². The first-order valence-corrected chi connectivity index (χ1v) is 7.05. The number of rotatable bonds is 2. The largest absolute Gasteiger partial charge is 0.417 e. The van der Waals surface area contributed by atoms with Crippen molar-refractivity contribution in [2.24, 2.45) is 5.92 Å². The van der Waals surface area contributed by atoms with E-state index < -0.39 is 11.7 Å². The highest BCUT2D eigenvalue weighted by atomic mass is 79.9. The van der Waals surface area contributed by atoms with Crippen LogP contribution in [0.1, 0.15) is 18.4 Å². The third-order valence-corrected chi connectivity index (χ3v) is 3.90. The summed E-state index contributed by atoms with van der Waals surface area (Å²) in [6, 6.07) is 3.68. The summed E-state index contributed by atoms with van der Waals surface area (Å²) in [7, 11) is 0. The van der Waals surface area contributed by atoms with Crippen molar-refractivity contribution in [3.8, 4) is 0 Å². The molecule has 1 saturated heterocycles. The van der Waals surface area contributed by atoms with E-state index in [2.05, 4.69) is 26.6 Å². The lowest BCUT2D eigenvalue weighted by atomic mass is 9.99. The third kappa shape index (κ3) is 4.86. The van der Waals surface area contributed by atoms with E-state index in [-0.39, 0.29) is 34.4 Å². The lowest BCUT2D eigenvalue weighted by Gasteiger charge is -2.22. The number of anilines is 1. The molecular formula is C13H15BrClF3N2O. The molecule has 0 saturated carbocycles. The minimum Gasteiger partial charge on any atom is -0.326 e. The van der Waals surface area contributed by atoms with E-state index in [1.54, 1.807) is 0 Å². The van der Waals surface area contributed by atoms with Crippen molar-refractivity contribution in [3.05, 3.63) is 28.2 Å². The van der Waals surface area contributed by atoms with E-state index in [4.69, 9.17) is 0 Å². The summed E-state index contributed by atoms with van der Waals surface area (Å²) in [5, 5.41) is 5.65. The molecule has 2 N–H and O–H groups in total. The van der Waals surface area contributed by atoms with Gasteiger partial charge in [-0.1, -0.05) is 15.9 Å². The van der Waals surface area contributed by atoms with Crippen molar-refractivity contribution < 1.29 is 18.0 Å². The zero-order valence-electron chi connectivity index (χ0n) is 11.0. The number of carbonyl (C=O) groups excluding carboxylic acids is 1. The van der Waals surface area contributed by atoms with Crippen molar-refractivity contribution in [2.75, 3.05) is 18.4 Å². The Morgan fingerprint density at radius 3 is 2.67 bits per heavy atom. The van der Waals surface area contributed by atoms with Gasteiger partial charge in [0.1, 0.15) is 0 Å². The highest BCUT2D eigenvalue weighted by Gasteiger charge is 2.33. The van der Waals surface area contributed by atoms with Crippen molar-refractivity contribution >= 4 is 39.9 Å². The van der Waals surface area contributed by atoms with Gasteiger partial charge in [0.25, 0.3) is 0 Å². The van der Waals surface area contributed by atoms with E-state index in [0.717, 1.165) is 25.5 Å². The molecule has 0 aliphatic carbocycles. The molecule has 1 aromatic carbocycles. The Morgan fingerprint density at radius 2 is 2.10 bits per heavy atom. The molecule has 8 heteroatoms. The predicted molar refractivity (Wildman–Crippen MR) is 80.6 cm³/mol. The second-order valence-electron chi connectivity index (χ2n) is 4.72. The highest BCUT2D eigenvalue weighted by molar-refractivity contribution is 9.10. The lowest BCUT2D eigenvalue weighted by Crippen LogP contribution is -2.37. The SMILES string of the molecule is Cl.O=C(Nc1ccc(Br)c(C(F)(F)F)c1)C1CCCNC1. The van der Waals surface area contributed by atoms with Gasteiger partial charge in [0, 0.05) is 16.7 Å². The minimum atomic E-state index is -4.45. The van der Waals surface area contributed by atoms with Crippen LogP contribution < -0.4 is 10.6 Å². The topological polar surface area (TPSA) is 41.1 Å². The van der Waals surface area contributed by atoms with Gasteiger partial charge in [-0.3, -0.25) is 4.79 Å². The molecular weight excluding hydrogens is 373 g/mol. The number of hydrogen-bond donors (Lipinski definition) is 2. The van der Waals surface area contributed by atoms with Gasteiger partial charge in [-0.25, -0.2) is 0 Å². The number of carbonyl (C=O) groups is 1. The van der Waals surface area contributed by atoms with E-state index in [1.165, 1.54) is 12.1 Å². The van der Waals surface area contributed by atoms with Gasteiger partial charge in [-0.05, 0) is 37.6 Å². The zero-order chi connectivity index (χ0) is 14.8. The number of benzene rings is 1. The molecule has 1 fully saturated rings. The van der Waals surface area contributed by atoms with Crippen LogP contribution in [0.4, 0.5) is 18.9 Å². The second-order valence-corrected chi connectivity index (χ2v) is 5.58. The van der Waals surface area contributed by atoms with Gasteiger partial charge in [0.2, 0.25) is 5.91 Å². The molecule has 0 aromatic heterocycles. The quantitative estimate of drug-likeness (QED) is 0.810. The van der Waals surface area contributed by atoms with Crippen molar-refractivity contribution in [2.45, 2.75) is 19.0 Å². The van der Waals surface area contributed by atoms with E-state index >= 15 is 0 Å². The maximum Gasteiger partial charge on any atom is 0.417 e. The normalized spacial score (nSPS) is 18.8. The van der Waals surface area contributed by atoms with Gasteiger partial charge in [-0.15, -0.1) is 12.4 Å². The minimum absolute atomic E-state index is 0. The lowest BCUT2D eigenvalue weighted by molar-refractivity contribution is -0.138. The summed E-state index contributed by atoms with van der Waals surface area (Å²) in [6.07, 6.45) is -2.81. The Bertz CT molecular complexity index is 505. The second kappa shape index (κ2) is 7.47. The summed E-state index contributed by atoms with van der Waals surface area (Å²) < 4.78 is 38.3. The molecule has 1 aliphatic heterocycles. The molecule has 1 aromatic rings. The molecule has 1 amide bonds. The zero-order valence-corrected chi connectivity index (χ0v) is 13.4. The van der Waals surface area contributed by atoms with Crippen LogP contribution in [-0.4, -0.2) is 19.0 Å². The van der Waals surface area contributed by atoms with Crippen LogP contribution in [0.15, 0.2) is 22.7 Å². The summed E-state index contributed by atoms with van der Waals surface area (Å²) in [5.41, 5.74) is -0.631. The number of alkyl halides is 3. The molecule has 1 aliphatic rings. The Hall–Kier alpha value is -0.790. The molecule has 0 spiro atoms. The van der Waals surface area contributed by atoms with Crippen LogP contribution in [0.5, 0.6) is 0 Å². The van der Waals surface area contributed by atoms with Crippen LogP contribution in [0, 0.1) is 5.92 Å². The summed E-state index contributed by atoms with van der Waals surface area (Å²) in [6.45, 7) is 1.44. The summed E-state index contributed by atoms with van der Waals surface area (Å²) in [5.74, 6) is -0.436. The third-order valence-electron chi connectivity index (χ3n) is 3.21. The van der Waals surface area contributed by atoms with Gasteiger partial charge in [0.05, 0.1) is 11.5 Å². The molecule has 1 unspecified atom stereocenters. The fourth-order valence-corrected chi connectivity index (χ4v) is 2.61. The maximum absolute atomic E-state index is 12.8. The molecule has 21 heavy (non-hydrogen) atoms. The van der Waals surface area contributed by atoms with Gasteiger partial charge in [-0.2, -0.15) is 13.2 Å². The van der Waals surface area contributed by atoms with Gasteiger partial charge in [0.15, 0.2) is 0 Å². The smallest absolute Gasteiger partial charge is 0.326 e. The van der Waals surface area contributed by atoms with Crippen molar-refractivity contribution in [1.29, 1.82) is 0 Å². The molecule has 1 heterocycles. The maximum atomic E-state index is 12.8. The Morgan fingerprint density at radius 1 is 1.38 bits per heavy atom. The molecule has 118 valence electrons. The Kier molecular flexibility index (Phi) is 6.49. The number of piperidine rings is 1. The van der Waals surface area contributed by atoms with Crippen molar-refractivity contribution in [3.63, 3.8) is 0 Å². The predicted octanol–water partition coefficient (Wildman–Crippen LogP) is 3.83. The van der Waals surface area contributed by atoms with Crippen LogP contribution >= 0.6 is 28.3 Å². The van der Waals surface area contributed by atoms with E-state index in [9.17, 15) is 18.0 Å². The molecule has 2 rings (SSSR count). The van der Waals surface area contributed by atoms with Gasteiger partial charge < -0.3 is 10.6 Å². The first-order chi connectivity index (χ1) is 9.38. The van der Waals surface area contributed by atoms with Crippen LogP contribution in [0.2, 0.25) is 0 Å². The fraction of sp³-hybridized carbons (Fsp3) is 0.462. The Balaban J connectivity index is 0.00000220. The average molecular weight is 388 g/mol. The molecule has 3 nitrogen and oxygen atoms in total.